The molecule has 5 nitrogen and oxygen atoms in total. The number of hydrogen-bond acceptors (Lipinski definition) is 4. The Balaban J connectivity index is 2.05. The van der Waals surface area contributed by atoms with Crippen LogP contribution in [0, 0.1) is 5.92 Å². The summed E-state index contributed by atoms with van der Waals surface area (Å²) in [6, 6.07) is 0. The Morgan fingerprint density at radius 2 is 2.15 bits per heavy atom. The number of likely N-dealkylation sites (N-methyl/N-ethyl adjacent to an activating group) is 1. The van der Waals surface area contributed by atoms with Gasteiger partial charge in [0.15, 0.2) is 0 Å². The van der Waals surface area contributed by atoms with Crippen LogP contribution in [0.4, 0.5) is 0 Å². The summed E-state index contributed by atoms with van der Waals surface area (Å²) in [7, 11) is 2.19. The van der Waals surface area contributed by atoms with Gasteiger partial charge in [0, 0.05) is 18.6 Å². The fourth-order valence-electron chi connectivity index (χ4n) is 3.23. The van der Waals surface area contributed by atoms with E-state index in [1.165, 1.54) is 25.7 Å². The molecule has 1 aliphatic carbocycles. The summed E-state index contributed by atoms with van der Waals surface area (Å²) in [5, 5.41) is 4.31. The minimum Gasteiger partial charge on any atom is -0.329 e. The fourth-order valence-corrected chi connectivity index (χ4v) is 3.23. The van der Waals surface area contributed by atoms with Gasteiger partial charge in [0.25, 0.3) is 0 Å². The quantitative estimate of drug-likeness (QED) is 0.865. The lowest BCUT2D eigenvalue weighted by atomic mass is 9.76. The van der Waals surface area contributed by atoms with Crippen molar-refractivity contribution in [1.29, 1.82) is 0 Å². The van der Waals surface area contributed by atoms with Crippen LogP contribution in [0.3, 0.4) is 0 Å². The molecule has 5 heteroatoms. The van der Waals surface area contributed by atoms with E-state index >= 15 is 0 Å². The summed E-state index contributed by atoms with van der Waals surface area (Å²) in [4.78, 5) is 6.83. The molecule has 0 radical (unpaired) electrons. The predicted octanol–water partition coefficient (Wildman–Crippen LogP) is 2.03. The topological polar surface area (TPSA) is 60.0 Å². The van der Waals surface area contributed by atoms with Gasteiger partial charge in [-0.3, -0.25) is 4.90 Å². The molecule has 0 atom stereocenters. The van der Waals surface area contributed by atoms with Crippen LogP contribution in [0.15, 0.2) is 6.33 Å². The zero-order valence-electron chi connectivity index (χ0n) is 13.2. The summed E-state index contributed by atoms with van der Waals surface area (Å²) in [6.45, 7) is 7.02. The average molecular weight is 279 g/mol. The molecule has 1 aliphatic rings. The maximum atomic E-state index is 6.13. The second-order valence-corrected chi connectivity index (χ2v) is 6.37. The molecule has 0 bridgehead atoms. The van der Waals surface area contributed by atoms with E-state index in [0.717, 1.165) is 37.8 Å². The first kappa shape index (κ1) is 15.4. The molecule has 1 aromatic rings. The Morgan fingerprint density at radius 3 is 2.75 bits per heavy atom. The first-order valence-corrected chi connectivity index (χ1v) is 7.89. The van der Waals surface area contributed by atoms with Crippen molar-refractivity contribution >= 4 is 0 Å². The number of aromatic nitrogens is 3. The van der Waals surface area contributed by atoms with Gasteiger partial charge in [-0.05, 0) is 45.1 Å². The molecule has 114 valence electrons. The van der Waals surface area contributed by atoms with Crippen LogP contribution < -0.4 is 5.73 Å². The van der Waals surface area contributed by atoms with Crippen molar-refractivity contribution in [3.63, 3.8) is 0 Å². The molecule has 2 rings (SSSR count). The largest absolute Gasteiger partial charge is 0.329 e. The Bertz CT molecular complexity index is 406. The highest BCUT2D eigenvalue weighted by atomic mass is 15.4. The second kappa shape index (κ2) is 6.68. The van der Waals surface area contributed by atoms with Crippen LogP contribution in [0.2, 0.25) is 0 Å². The molecule has 0 spiro atoms. The van der Waals surface area contributed by atoms with E-state index in [1.54, 1.807) is 6.33 Å². The van der Waals surface area contributed by atoms with Crippen molar-refractivity contribution in [1.82, 2.24) is 19.7 Å². The normalized spacial score (nSPS) is 27.1. The third-order valence-corrected chi connectivity index (χ3v) is 4.90. The van der Waals surface area contributed by atoms with Gasteiger partial charge in [0.1, 0.15) is 12.2 Å². The van der Waals surface area contributed by atoms with Gasteiger partial charge in [-0.25, -0.2) is 9.67 Å². The van der Waals surface area contributed by atoms with E-state index in [-0.39, 0.29) is 5.54 Å². The SMILES string of the molecule is CCCn1ncnc1CN(C)C1(CN)CCC(C)CC1. The van der Waals surface area contributed by atoms with Crippen molar-refractivity contribution < 1.29 is 0 Å². The molecule has 20 heavy (non-hydrogen) atoms. The first-order chi connectivity index (χ1) is 9.61. The minimum atomic E-state index is 0.148. The number of nitrogens with zero attached hydrogens (tertiary/aromatic N) is 4. The van der Waals surface area contributed by atoms with Crippen LogP contribution >= 0.6 is 0 Å². The van der Waals surface area contributed by atoms with Crippen molar-refractivity contribution in [3.05, 3.63) is 12.2 Å². The van der Waals surface area contributed by atoms with Crippen LogP contribution in [-0.2, 0) is 13.1 Å². The van der Waals surface area contributed by atoms with Crippen molar-refractivity contribution in [2.24, 2.45) is 11.7 Å². The Morgan fingerprint density at radius 1 is 1.45 bits per heavy atom. The zero-order chi connectivity index (χ0) is 14.6. The summed E-state index contributed by atoms with van der Waals surface area (Å²) in [6.07, 6.45) is 7.70. The molecule has 2 N–H and O–H groups in total. The molecule has 0 unspecified atom stereocenters. The third-order valence-electron chi connectivity index (χ3n) is 4.90. The number of aryl methyl sites for hydroxylation is 1. The van der Waals surface area contributed by atoms with Crippen molar-refractivity contribution in [2.75, 3.05) is 13.6 Å². The number of hydrogen-bond donors (Lipinski definition) is 1. The molecule has 0 amide bonds. The van der Waals surface area contributed by atoms with E-state index in [4.69, 9.17) is 5.73 Å². The third kappa shape index (κ3) is 3.20. The summed E-state index contributed by atoms with van der Waals surface area (Å²) in [5.74, 6) is 1.90. The van der Waals surface area contributed by atoms with Crippen LogP contribution in [0.5, 0.6) is 0 Å². The van der Waals surface area contributed by atoms with Gasteiger partial charge >= 0.3 is 0 Å². The average Bonchev–Trinajstić information content (AvgIpc) is 2.88. The Labute approximate surface area is 122 Å². The molecule has 1 fully saturated rings. The molecule has 0 aliphatic heterocycles. The molecule has 0 aromatic carbocycles. The van der Waals surface area contributed by atoms with Crippen molar-refractivity contribution in [3.8, 4) is 0 Å². The highest BCUT2D eigenvalue weighted by Crippen LogP contribution is 2.35. The molecular formula is C15H29N5. The monoisotopic (exact) mass is 279 g/mol. The van der Waals surface area contributed by atoms with E-state index in [1.807, 2.05) is 4.68 Å². The Hall–Kier alpha value is -0.940. The molecule has 1 heterocycles. The second-order valence-electron chi connectivity index (χ2n) is 6.37. The summed E-state index contributed by atoms with van der Waals surface area (Å²) < 4.78 is 2.02. The fraction of sp³-hybridized carbons (Fsp3) is 0.867. The highest BCUT2D eigenvalue weighted by molar-refractivity contribution is 4.96. The maximum Gasteiger partial charge on any atom is 0.141 e. The highest BCUT2D eigenvalue weighted by Gasteiger charge is 2.36. The van der Waals surface area contributed by atoms with E-state index in [2.05, 4.69) is 35.9 Å². The lowest BCUT2D eigenvalue weighted by molar-refractivity contribution is 0.0583. The number of nitrogens with two attached hydrogens (primary N) is 1. The maximum absolute atomic E-state index is 6.13. The van der Waals surface area contributed by atoms with Crippen LogP contribution in [0.25, 0.3) is 0 Å². The van der Waals surface area contributed by atoms with Crippen LogP contribution in [-0.4, -0.2) is 38.8 Å². The van der Waals surface area contributed by atoms with E-state index in [9.17, 15) is 0 Å². The van der Waals surface area contributed by atoms with E-state index in [0.29, 0.717) is 0 Å². The minimum absolute atomic E-state index is 0.148. The van der Waals surface area contributed by atoms with Gasteiger partial charge in [-0.15, -0.1) is 0 Å². The predicted molar refractivity (Wildman–Crippen MR) is 81.2 cm³/mol. The molecule has 1 aromatic heterocycles. The van der Waals surface area contributed by atoms with Gasteiger partial charge in [-0.1, -0.05) is 13.8 Å². The first-order valence-electron chi connectivity index (χ1n) is 7.89. The van der Waals surface area contributed by atoms with Gasteiger partial charge < -0.3 is 5.73 Å². The smallest absolute Gasteiger partial charge is 0.141 e. The summed E-state index contributed by atoms with van der Waals surface area (Å²) in [5.41, 5.74) is 6.27. The van der Waals surface area contributed by atoms with Crippen molar-refractivity contribution in [2.45, 2.75) is 64.6 Å². The van der Waals surface area contributed by atoms with Gasteiger partial charge in [-0.2, -0.15) is 5.10 Å². The van der Waals surface area contributed by atoms with Gasteiger partial charge in [0.05, 0.1) is 6.54 Å². The van der Waals surface area contributed by atoms with E-state index < -0.39 is 0 Å². The number of rotatable bonds is 6. The Kier molecular flexibility index (Phi) is 5.16. The molecular weight excluding hydrogens is 250 g/mol. The lowest BCUT2D eigenvalue weighted by Gasteiger charge is -2.45. The molecule has 0 saturated heterocycles. The van der Waals surface area contributed by atoms with Crippen LogP contribution in [0.1, 0.15) is 51.8 Å². The lowest BCUT2D eigenvalue weighted by Crippen LogP contribution is -2.53. The standard InChI is InChI=1S/C15H29N5/c1-4-9-20-14(17-12-18-20)10-19(3)15(11-16)7-5-13(2)6-8-15/h12-13H,4-11,16H2,1-3H3. The van der Waals surface area contributed by atoms with Gasteiger partial charge in [0.2, 0.25) is 0 Å². The molecule has 1 saturated carbocycles. The zero-order valence-corrected chi connectivity index (χ0v) is 13.2. The summed E-state index contributed by atoms with van der Waals surface area (Å²) >= 11 is 0.